The molecule has 1 amide bonds. The summed E-state index contributed by atoms with van der Waals surface area (Å²) >= 11 is 0. The number of methoxy groups -OCH3 is 1. The van der Waals surface area contributed by atoms with E-state index in [1.165, 1.54) is 0 Å². The van der Waals surface area contributed by atoms with E-state index >= 15 is 0 Å². The van der Waals surface area contributed by atoms with Crippen molar-refractivity contribution in [1.82, 2.24) is 10.6 Å². The smallest absolute Gasteiger partial charge is 0.237 e. The number of nitrogens with one attached hydrogen (secondary N) is 2. The molecule has 0 aromatic heterocycles. The molecule has 1 rings (SSSR count). The van der Waals surface area contributed by atoms with Crippen LogP contribution in [0.15, 0.2) is 0 Å². The highest BCUT2D eigenvalue weighted by atomic mass is 35.5. The highest BCUT2D eigenvalue weighted by Gasteiger charge is 2.28. The molecule has 0 radical (unpaired) electrons. The third-order valence-electron chi connectivity index (χ3n) is 2.09. The van der Waals surface area contributed by atoms with Crippen molar-refractivity contribution in [1.29, 1.82) is 0 Å². The summed E-state index contributed by atoms with van der Waals surface area (Å²) in [4.78, 5) is 11.3. The lowest BCUT2D eigenvalue weighted by atomic mass is 10.2. The summed E-state index contributed by atoms with van der Waals surface area (Å²) in [6.45, 7) is 3.38. The van der Waals surface area contributed by atoms with E-state index in [0.717, 1.165) is 13.0 Å². The minimum Gasteiger partial charge on any atom is -0.380 e. The van der Waals surface area contributed by atoms with Gasteiger partial charge in [0.1, 0.15) is 0 Å². The zero-order valence-corrected chi connectivity index (χ0v) is 8.82. The van der Waals surface area contributed by atoms with Gasteiger partial charge in [-0.05, 0) is 13.3 Å². The second-order valence-corrected chi connectivity index (χ2v) is 2.95. The minimum atomic E-state index is -0.0603. The van der Waals surface area contributed by atoms with Crippen LogP contribution in [0.4, 0.5) is 0 Å². The molecule has 0 saturated carbocycles. The highest BCUT2D eigenvalue weighted by Crippen LogP contribution is 2.08. The molecule has 1 saturated heterocycles. The molecule has 0 bridgehead atoms. The summed E-state index contributed by atoms with van der Waals surface area (Å²) in [6, 6.07) is -0.0603. The second-order valence-electron chi connectivity index (χ2n) is 2.95. The predicted octanol–water partition coefficient (Wildman–Crippen LogP) is -0.0788. The molecule has 78 valence electrons. The Balaban J connectivity index is 0.00000144. The first-order chi connectivity index (χ1) is 5.77. The first-order valence-corrected chi connectivity index (χ1v) is 4.31. The molecule has 0 aromatic rings. The standard InChI is InChI=1S/C8H16N2O2.ClH/c1-3-9-8(11)7-4-6(12-2)5-10-7;/h6-7,10H,3-5H2,1-2H3,(H,9,11);1H/t6-,7+;/m1./s1. The van der Waals surface area contributed by atoms with Gasteiger partial charge >= 0.3 is 0 Å². The van der Waals surface area contributed by atoms with Gasteiger partial charge < -0.3 is 15.4 Å². The van der Waals surface area contributed by atoms with Crippen LogP contribution in [-0.4, -0.2) is 38.3 Å². The molecule has 1 heterocycles. The normalized spacial score (nSPS) is 26.6. The molecule has 5 heteroatoms. The highest BCUT2D eigenvalue weighted by molar-refractivity contribution is 5.85. The van der Waals surface area contributed by atoms with Gasteiger partial charge in [0.2, 0.25) is 5.91 Å². The van der Waals surface area contributed by atoms with Gasteiger partial charge in [0.05, 0.1) is 12.1 Å². The predicted molar refractivity (Wildman–Crippen MR) is 53.1 cm³/mol. The van der Waals surface area contributed by atoms with Gasteiger partial charge in [0, 0.05) is 20.2 Å². The fourth-order valence-electron chi connectivity index (χ4n) is 1.38. The Bertz CT molecular complexity index is 166. The van der Waals surface area contributed by atoms with E-state index < -0.39 is 0 Å². The Morgan fingerprint density at radius 2 is 2.38 bits per heavy atom. The molecule has 2 atom stereocenters. The number of halogens is 1. The largest absolute Gasteiger partial charge is 0.380 e. The number of amides is 1. The fraction of sp³-hybridized carbons (Fsp3) is 0.875. The maximum absolute atomic E-state index is 11.3. The zero-order chi connectivity index (χ0) is 8.97. The van der Waals surface area contributed by atoms with Crippen molar-refractivity contribution >= 4 is 18.3 Å². The first-order valence-electron chi connectivity index (χ1n) is 4.31. The monoisotopic (exact) mass is 208 g/mol. The number of rotatable bonds is 3. The number of ether oxygens (including phenoxy) is 1. The molecule has 0 spiro atoms. The van der Waals surface area contributed by atoms with Crippen LogP contribution in [0.5, 0.6) is 0 Å². The van der Waals surface area contributed by atoms with E-state index in [1.807, 2.05) is 6.92 Å². The van der Waals surface area contributed by atoms with Gasteiger partial charge in [-0.2, -0.15) is 0 Å². The summed E-state index contributed by atoms with van der Waals surface area (Å²) in [5, 5.41) is 5.88. The topological polar surface area (TPSA) is 50.4 Å². The van der Waals surface area contributed by atoms with Crippen molar-refractivity contribution in [2.45, 2.75) is 25.5 Å². The SMILES string of the molecule is CCNC(=O)[C@@H]1C[C@@H](OC)CN1.Cl. The quantitative estimate of drug-likeness (QED) is 0.683. The third kappa shape index (κ3) is 3.50. The molecular formula is C8H17ClN2O2. The Kier molecular flexibility index (Phi) is 6.03. The molecule has 1 aliphatic rings. The maximum Gasteiger partial charge on any atom is 0.237 e. The lowest BCUT2D eigenvalue weighted by molar-refractivity contribution is -0.122. The Hall–Kier alpha value is -0.320. The third-order valence-corrected chi connectivity index (χ3v) is 2.09. The lowest BCUT2D eigenvalue weighted by Crippen LogP contribution is -2.40. The van der Waals surface area contributed by atoms with E-state index in [9.17, 15) is 4.79 Å². The minimum absolute atomic E-state index is 0. The Labute approximate surface area is 84.8 Å². The van der Waals surface area contributed by atoms with Crippen LogP contribution in [0.2, 0.25) is 0 Å². The molecule has 0 unspecified atom stereocenters. The van der Waals surface area contributed by atoms with Crippen LogP contribution >= 0.6 is 12.4 Å². The van der Waals surface area contributed by atoms with Gasteiger partial charge in [-0.3, -0.25) is 4.79 Å². The molecule has 0 aromatic carbocycles. The Morgan fingerprint density at radius 1 is 1.69 bits per heavy atom. The molecule has 13 heavy (non-hydrogen) atoms. The number of hydrogen-bond donors (Lipinski definition) is 2. The summed E-state index contributed by atoms with van der Waals surface area (Å²) in [6.07, 6.45) is 0.972. The summed E-state index contributed by atoms with van der Waals surface area (Å²) in [7, 11) is 1.67. The molecule has 4 nitrogen and oxygen atoms in total. The maximum atomic E-state index is 11.3. The van der Waals surface area contributed by atoms with E-state index in [2.05, 4.69) is 10.6 Å². The summed E-state index contributed by atoms with van der Waals surface area (Å²) in [5.41, 5.74) is 0. The van der Waals surface area contributed by atoms with Gasteiger partial charge in [0.25, 0.3) is 0 Å². The average Bonchev–Trinajstić information content (AvgIpc) is 2.52. The summed E-state index contributed by atoms with van der Waals surface area (Å²) < 4.78 is 5.13. The number of carbonyl (C=O) groups excluding carboxylic acids is 1. The zero-order valence-electron chi connectivity index (χ0n) is 8.00. The van der Waals surface area contributed by atoms with Crippen LogP contribution in [-0.2, 0) is 9.53 Å². The van der Waals surface area contributed by atoms with E-state index in [0.29, 0.717) is 6.54 Å². The van der Waals surface area contributed by atoms with Crippen LogP contribution in [0.25, 0.3) is 0 Å². The van der Waals surface area contributed by atoms with Crippen molar-refractivity contribution in [3.63, 3.8) is 0 Å². The fourth-order valence-corrected chi connectivity index (χ4v) is 1.38. The molecule has 0 aliphatic carbocycles. The summed E-state index contributed by atoms with van der Waals surface area (Å²) in [5.74, 6) is 0.0806. The van der Waals surface area contributed by atoms with Crippen molar-refractivity contribution in [3.8, 4) is 0 Å². The molecule has 2 N–H and O–H groups in total. The van der Waals surface area contributed by atoms with Crippen LogP contribution in [0.3, 0.4) is 0 Å². The van der Waals surface area contributed by atoms with Gasteiger partial charge in [-0.1, -0.05) is 0 Å². The van der Waals surface area contributed by atoms with Crippen LogP contribution < -0.4 is 10.6 Å². The van der Waals surface area contributed by atoms with Gasteiger partial charge in [0.15, 0.2) is 0 Å². The molecular weight excluding hydrogens is 192 g/mol. The van der Waals surface area contributed by atoms with Crippen molar-refractivity contribution in [2.24, 2.45) is 0 Å². The van der Waals surface area contributed by atoms with Crippen molar-refractivity contribution in [2.75, 3.05) is 20.2 Å². The average molecular weight is 209 g/mol. The lowest BCUT2D eigenvalue weighted by Gasteiger charge is -2.09. The van der Waals surface area contributed by atoms with Crippen molar-refractivity contribution < 1.29 is 9.53 Å². The number of hydrogen-bond acceptors (Lipinski definition) is 3. The number of carbonyl (C=O) groups is 1. The second kappa shape index (κ2) is 6.18. The first kappa shape index (κ1) is 12.7. The van der Waals surface area contributed by atoms with Gasteiger partial charge in [-0.15, -0.1) is 12.4 Å². The van der Waals surface area contributed by atoms with Gasteiger partial charge in [-0.25, -0.2) is 0 Å². The Morgan fingerprint density at radius 3 is 2.85 bits per heavy atom. The molecule has 1 aliphatic heterocycles. The van der Waals surface area contributed by atoms with Crippen LogP contribution in [0.1, 0.15) is 13.3 Å². The van der Waals surface area contributed by atoms with E-state index in [-0.39, 0.29) is 30.5 Å². The van der Waals surface area contributed by atoms with E-state index in [4.69, 9.17) is 4.74 Å². The van der Waals surface area contributed by atoms with Crippen LogP contribution in [0, 0.1) is 0 Å². The van der Waals surface area contributed by atoms with E-state index in [1.54, 1.807) is 7.11 Å². The molecule has 1 fully saturated rings. The van der Waals surface area contributed by atoms with Crippen molar-refractivity contribution in [3.05, 3.63) is 0 Å². The number of likely N-dealkylation sites (N-methyl/N-ethyl adjacent to an activating group) is 1.